The number of carbonyl (C=O) groups excluding carboxylic acids is 1. The topological polar surface area (TPSA) is 58.4 Å². The highest BCUT2D eigenvalue weighted by Crippen LogP contribution is 2.16. The molecule has 0 aromatic heterocycles. The van der Waals surface area contributed by atoms with E-state index in [-0.39, 0.29) is 11.3 Å². The minimum Gasteiger partial charge on any atom is -0.353 e. The molecule has 0 aliphatic heterocycles. The van der Waals surface area contributed by atoms with Gasteiger partial charge in [0.05, 0.1) is 6.04 Å². The molecule has 0 fully saturated rings. The van der Waals surface area contributed by atoms with Crippen molar-refractivity contribution in [3.63, 3.8) is 0 Å². The van der Waals surface area contributed by atoms with Crippen molar-refractivity contribution in [3.05, 3.63) is 0 Å². The Morgan fingerprint density at radius 1 is 1.29 bits per heavy atom. The summed E-state index contributed by atoms with van der Waals surface area (Å²) in [5, 5.41) is 2.91. The Labute approximate surface area is 106 Å². The van der Waals surface area contributed by atoms with Crippen LogP contribution >= 0.6 is 0 Å². The van der Waals surface area contributed by atoms with E-state index >= 15 is 0 Å². The molecule has 0 spiro atoms. The molecule has 3 N–H and O–H groups in total. The fourth-order valence-electron chi connectivity index (χ4n) is 1.58. The maximum atomic E-state index is 11.8. The number of nitrogens with zero attached hydrogens (tertiary/aromatic N) is 1. The van der Waals surface area contributed by atoms with Gasteiger partial charge in [-0.1, -0.05) is 34.6 Å². The van der Waals surface area contributed by atoms with Gasteiger partial charge in [-0.05, 0) is 24.9 Å². The van der Waals surface area contributed by atoms with Crippen molar-refractivity contribution in [2.24, 2.45) is 11.1 Å². The van der Waals surface area contributed by atoms with E-state index in [9.17, 15) is 4.79 Å². The maximum absolute atomic E-state index is 11.8. The number of hydrogen-bond donors (Lipinski definition) is 2. The summed E-state index contributed by atoms with van der Waals surface area (Å²) < 4.78 is 0. The van der Waals surface area contributed by atoms with Crippen LogP contribution in [0.25, 0.3) is 0 Å². The Hall–Kier alpha value is -0.610. The second kappa shape index (κ2) is 7.67. The van der Waals surface area contributed by atoms with E-state index in [1.165, 1.54) is 0 Å². The van der Waals surface area contributed by atoms with Gasteiger partial charge in [0.1, 0.15) is 0 Å². The average Bonchev–Trinajstić information content (AvgIpc) is 2.25. The molecule has 1 atom stereocenters. The third kappa shape index (κ3) is 6.64. The van der Waals surface area contributed by atoms with Crippen LogP contribution in [0.3, 0.4) is 0 Å². The van der Waals surface area contributed by atoms with Crippen LogP contribution in [0.5, 0.6) is 0 Å². The molecule has 0 unspecified atom stereocenters. The molecule has 0 saturated heterocycles. The summed E-state index contributed by atoms with van der Waals surface area (Å²) >= 11 is 0. The molecule has 4 heteroatoms. The van der Waals surface area contributed by atoms with E-state index in [1.807, 2.05) is 20.8 Å². The summed E-state index contributed by atoms with van der Waals surface area (Å²) in [4.78, 5) is 14.1. The Bertz CT molecular complexity index is 223. The number of carbonyl (C=O) groups is 1. The Morgan fingerprint density at radius 2 is 1.88 bits per heavy atom. The maximum Gasteiger partial charge on any atom is 0.237 e. The normalized spacial score (nSPS) is 13.8. The SMILES string of the molecule is CCCN(CC)CCNC(=O)[C@H](N)C(C)(C)C. The zero-order valence-electron chi connectivity index (χ0n) is 12.0. The average molecular weight is 243 g/mol. The molecular formula is C13H29N3O. The van der Waals surface area contributed by atoms with Gasteiger partial charge in [0.15, 0.2) is 0 Å². The van der Waals surface area contributed by atoms with Crippen molar-refractivity contribution >= 4 is 5.91 Å². The number of likely N-dealkylation sites (N-methyl/N-ethyl adjacent to an activating group) is 1. The lowest BCUT2D eigenvalue weighted by Crippen LogP contribution is -2.50. The third-order valence-electron chi connectivity index (χ3n) is 2.93. The summed E-state index contributed by atoms with van der Waals surface area (Å²) in [5.41, 5.74) is 5.69. The molecule has 0 saturated carbocycles. The molecule has 0 rings (SSSR count). The fourth-order valence-corrected chi connectivity index (χ4v) is 1.58. The number of nitrogens with one attached hydrogen (secondary N) is 1. The molecule has 0 heterocycles. The standard InChI is InChI=1S/C13H29N3O/c1-6-9-16(7-2)10-8-15-12(17)11(14)13(3,4)5/h11H,6-10,14H2,1-5H3,(H,15,17)/t11-/m0/s1. The van der Waals surface area contributed by atoms with E-state index in [0.29, 0.717) is 6.54 Å². The summed E-state index contributed by atoms with van der Waals surface area (Å²) in [6.45, 7) is 13.9. The number of hydrogen-bond acceptors (Lipinski definition) is 3. The molecule has 17 heavy (non-hydrogen) atoms. The highest BCUT2D eigenvalue weighted by atomic mass is 16.2. The fraction of sp³-hybridized carbons (Fsp3) is 0.923. The van der Waals surface area contributed by atoms with Gasteiger partial charge in [0, 0.05) is 13.1 Å². The van der Waals surface area contributed by atoms with Gasteiger partial charge in [-0.25, -0.2) is 0 Å². The first-order valence-corrected chi connectivity index (χ1v) is 6.58. The summed E-state index contributed by atoms with van der Waals surface area (Å²) in [6.07, 6.45) is 1.14. The third-order valence-corrected chi connectivity index (χ3v) is 2.93. The number of nitrogens with two attached hydrogens (primary N) is 1. The van der Waals surface area contributed by atoms with Gasteiger partial charge in [-0.3, -0.25) is 4.79 Å². The Morgan fingerprint density at radius 3 is 2.29 bits per heavy atom. The van der Waals surface area contributed by atoms with E-state index in [0.717, 1.165) is 26.1 Å². The molecular weight excluding hydrogens is 214 g/mol. The highest BCUT2D eigenvalue weighted by molar-refractivity contribution is 5.82. The lowest BCUT2D eigenvalue weighted by Gasteiger charge is -2.26. The lowest BCUT2D eigenvalue weighted by molar-refractivity contribution is -0.124. The van der Waals surface area contributed by atoms with Crippen molar-refractivity contribution in [2.75, 3.05) is 26.2 Å². The molecule has 0 aliphatic rings. The first-order chi connectivity index (χ1) is 7.82. The molecule has 0 radical (unpaired) electrons. The van der Waals surface area contributed by atoms with Crippen LogP contribution in [0.1, 0.15) is 41.0 Å². The minimum absolute atomic E-state index is 0.0509. The lowest BCUT2D eigenvalue weighted by atomic mass is 9.87. The van der Waals surface area contributed by atoms with Gasteiger partial charge in [-0.15, -0.1) is 0 Å². The minimum atomic E-state index is -0.441. The van der Waals surface area contributed by atoms with Crippen molar-refractivity contribution in [2.45, 2.75) is 47.1 Å². The van der Waals surface area contributed by atoms with E-state index in [4.69, 9.17) is 5.73 Å². The number of amides is 1. The predicted octanol–water partition coefficient (Wildman–Crippen LogP) is 1.21. The van der Waals surface area contributed by atoms with Crippen LogP contribution in [0.15, 0.2) is 0 Å². The smallest absolute Gasteiger partial charge is 0.237 e. The zero-order valence-corrected chi connectivity index (χ0v) is 12.0. The van der Waals surface area contributed by atoms with Crippen LogP contribution in [0.2, 0.25) is 0 Å². The van der Waals surface area contributed by atoms with Crippen LogP contribution in [0.4, 0.5) is 0 Å². The van der Waals surface area contributed by atoms with Crippen molar-refractivity contribution in [1.82, 2.24) is 10.2 Å². The molecule has 0 bridgehead atoms. The first-order valence-electron chi connectivity index (χ1n) is 6.58. The molecule has 0 aromatic carbocycles. The van der Waals surface area contributed by atoms with Gasteiger partial charge in [-0.2, -0.15) is 0 Å². The van der Waals surface area contributed by atoms with Crippen LogP contribution in [0, 0.1) is 5.41 Å². The van der Waals surface area contributed by atoms with E-state index in [1.54, 1.807) is 0 Å². The van der Waals surface area contributed by atoms with E-state index < -0.39 is 6.04 Å². The Balaban J connectivity index is 3.92. The first kappa shape index (κ1) is 16.4. The highest BCUT2D eigenvalue weighted by Gasteiger charge is 2.26. The summed E-state index contributed by atoms with van der Waals surface area (Å²) in [5.74, 6) is -0.0509. The predicted molar refractivity (Wildman–Crippen MR) is 72.8 cm³/mol. The molecule has 4 nitrogen and oxygen atoms in total. The van der Waals surface area contributed by atoms with Crippen molar-refractivity contribution in [3.8, 4) is 0 Å². The number of rotatable bonds is 7. The van der Waals surface area contributed by atoms with Gasteiger partial charge in [0.25, 0.3) is 0 Å². The van der Waals surface area contributed by atoms with Gasteiger partial charge in [0.2, 0.25) is 5.91 Å². The van der Waals surface area contributed by atoms with Crippen LogP contribution in [-0.4, -0.2) is 43.0 Å². The van der Waals surface area contributed by atoms with Crippen molar-refractivity contribution < 1.29 is 4.79 Å². The monoisotopic (exact) mass is 243 g/mol. The molecule has 102 valence electrons. The van der Waals surface area contributed by atoms with Crippen molar-refractivity contribution in [1.29, 1.82) is 0 Å². The van der Waals surface area contributed by atoms with Gasteiger partial charge >= 0.3 is 0 Å². The summed E-state index contributed by atoms with van der Waals surface area (Å²) in [6, 6.07) is -0.441. The van der Waals surface area contributed by atoms with E-state index in [2.05, 4.69) is 24.1 Å². The van der Waals surface area contributed by atoms with Crippen LogP contribution in [-0.2, 0) is 4.79 Å². The molecule has 0 aliphatic carbocycles. The summed E-state index contributed by atoms with van der Waals surface area (Å²) in [7, 11) is 0. The Kier molecular flexibility index (Phi) is 7.39. The second-order valence-corrected chi connectivity index (χ2v) is 5.57. The second-order valence-electron chi connectivity index (χ2n) is 5.57. The zero-order chi connectivity index (χ0) is 13.5. The van der Waals surface area contributed by atoms with Gasteiger partial charge < -0.3 is 16.0 Å². The quantitative estimate of drug-likeness (QED) is 0.706. The largest absolute Gasteiger partial charge is 0.353 e. The van der Waals surface area contributed by atoms with Crippen LogP contribution < -0.4 is 11.1 Å². The molecule has 0 aromatic rings. The molecule has 1 amide bonds.